The van der Waals surface area contributed by atoms with E-state index in [0.29, 0.717) is 5.92 Å². The number of hydrogen-bond acceptors (Lipinski definition) is 7. The monoisotopic (exact) mass is 469 g/mol. The first-order valence-corrected chi connectivity index (χ1v) is 12.4. The molecule has 0 spiro atoms. The first kappa shape index (κ1) is 23.7. The molecule has 0 radical (unpaired) electrons. The van der Waals surface area contributed by atoms with Crippen molar-refractivity contribution >= 4 is 0 Å². The van der Waals surface area contributed by atoms with Gasteiger partial charge in [0.1, 0.15) is 42.4 Å². The summed E-state index contributed by atoms with van der Waals surface area (Å²) in [7, 11) is 0. The molecule has 0 aromatic heterocycles. The van der Waals surface area contributed by atoms with Crippen LogP contribution < -0.4 is 10.1 Å². The van der Waals surface area contributed by atoms with Crippen LogP contribution in [0, 0.1) is 0 Å². The maximum atomic E-state index is 10.6. The molecule has 5 rings (SSSR count). The van der Waals surface area contributed by atoms with Crippen LogP contribution >= 0.6 is 0 Å². The summed E-state index contributed by atoms with van der Waals surface area (Å²) in [6.07, 6.45) is -0.329. The third-order valence-electron chi connectivity index (χ3n) is 7.31. The Kier molecular flexibility index (Phi) is 7.20. The lowest BCUT2D eigenvalue weighted by Crippen LogP contribution is -2.55. The van der Waals surface area contributed by atoms with Gasteiger partial charge in [0.15, 0.2) is 0 Å². The summed E-state index contributed by atoms with van der Waals surface area (Å²) >= 11 is 0. The molecule has 2 aromatic carbocycles. The predicted molar refractivity (Wildman–Crippen MR) is 127 cm³/mol. The van der Waals surface area contributed by atoms with Crippen LogP contribution in [-0.4, -0.2) is 70.6 Å². The van der Waals surface area contributed by atoms with Crippen molar-refractivity contribution in [2.45, 2.75) is 74.6 Å². The van der Waals surface area contributed by atoms with Gasteiger partial charge in [-0.3, -0.25) is 0 Å². The highest BCUT2D eigenvalue weighted by Crippen LogP contribution is 2.43. The molecular formula is C27H35NO6. The average Bonchev–Trinajstić information content (AvgIpc) is 3.70. The molecule has 2 aromatic rings. The summed E-state index contributed by atoms with van der Waals surface area (Å²) < 4.78 is 11.9. The number of aliphatic hydroxyl groups is 4. The largest absolute Gasteiger partial charge is 0.490 e. The van der Waals surface area contributed by atoms with Gasteiger partial charge in [-0.05, 0) is 85.5 Å². The number of aliphatic hydroxyl groups excluding tert-OH is 4. The molecule has 3 fully saturated rings. The van der Waals surface area contributed by atoms with E-state index < -0.39 is 37.1 Å². The van der Waals surface area contributed by atoms with Crippen LogP contribution in [0.15, 0.2) is 42.5 Å². The second-order valence-corrected chi connectivity index (χ2v) is 9.87. The fraction of sp³-hybridized carbons (Fsp3) is 0.556. The number of hydrogen-bond donors (Lipinski definition) is 5. The van der Waals surface area contributed by atoms with Crippen LogP contribution in [0.3, 0.4) is 0 Å². The van der Waals surface area contributed by atoms with Crippen molar-refractivity contribution in [1.29, 1.82) is 0 Å². The van der Waals surface area contributed by atoms with Crippen LogP contribution in [0.5, 0.6) is 5.75 Å². The van der Waals surface area contributed by atoms with Gasteiger partial charge in [0.25, 0.3) is 0 Å². The lowest BCUT2D eigenvalue weighted by Gasteiger charge is -2.40. The van der Waals surface area contributed by atoms with Crippen molar-refractivity contribution in [2.24, 2.45) is 0 Å². The van der Waals surface area contributed by atoms with Crippen molar-refractivity contribution in [2.75, 3.05) is 19.7 Å². The van der Waals surface area contributed by atoms with Gasteiger partial charge in [-0.2, -0.15) is 0 Å². The van der Waals surface area contributed by atoms with Gasteiger partial charge in [0, 0.05) is 0 Å². The fourth-order valence-corrected chi connectivity index (χ4v) is 5.14. The summed E-state index contributed by atoms with van der Waals surface area (Å²) in [5, 5.41) is 43.8. The molecule has 2 heterocycles. The number of piperidine rings is 1. The molecule has 2 saturated heterocycles. The van der Waals surface area contributed by atoms with E-state index in [1.807, 2.05) is 24.3 Å². The van der Waals surface area contributed by atoms with E-state index in [1.165, 1.54) is 29.5 Å². The SMILES string of the molecule is OC[C@H]1O[C@@H](c2ccc(C3CC3)c(Cc3ccc(OC4CCNCC4)cc3)c2)[C@H](O)C(O)[C@@H]1O. The zero-order valence-electron chi connectivity index (χ0n) is 19.3. The zero-order chi connectivity index (χ0) is 23.7. The van der Waals surface area contributed by atoms with Gasteiger partial charge in [-0.1, -0.05) is 30.3 Å². The third kappa shape index (κ3) is 5.15. The van der Waals surface area contributed by atoms with E-state index in [-0.39, 0.29) is 6.10 Å². The Morgan fingerprint density at radius 2 is 1.62 bits per heavy atom. The normalized spacial score (nSPS) is 30.3. The maximum Gasteiger partial charge on any atom is 0.119 e. The van der Waals surface area contributed by atoms with Crippen LogP contribution in [0.2, 0.25) is 0 Å². The molecule has 7 heteroatoms. The number of benzene rings is 2. The summed E-state index contributed by atoms with van der Waals surface area (Å²) in [6, 6.07) is 14.4. The maximum absolute atomic E-state index is 10.6. The Balaban J connectivity index is 1.34. The van der Waals surface area contributed by atoms with Crippen molar-refractivity contribution < 1.29 is 29.9 Å². The molecule has 184 valence electrons. The fourth-order valence-electron chi connectivity index (χ4n) is 5.14. The summed E-state index contributed by atoms with van der Waals surface area (Å²) in [5.41, 5.74) is 4.39. The van der Waals surface area contributed by atoms with Crippen LogP contribution in [-0.2, 0) is 11.2 Å². The molecule has 1 aliphatic carbocycles. The van der Waals surface area contributed by atoms with E-state index >= 15 is 0 Å². The lowest BCUT2D eigenvalue weighted by atomic mass is 9.88. The molecule has 5 N–H and O–H groups in total. The Bertz CT molecular complexity index is 954. The minimum Gasteiger partial charge on any atom is -0.490 e. The van der Waals surface area contributed by atoms with Gasteiger partial charge in [0.2, 0.25) is 0 Å². The highest BCUT2D eigenvalue weighted by atomic mass is 16.5. The number of ether oxygens (including phenoxy) is 2. The van der Waals surface area contributed by atoms with Crippen LogP contribution in [0.1, 0.15) is 60.0 Å². The molecule has 1 unspecified atom stereocenters. The van der Waals surface area contributed by atoms with Crippen molar-refractivity contribution in [3.05, 3.63) is 64.7 Å². The molecule has 0 amide bonds. The minimum atomic E-state index is -1.38. The quantitative estimate of drug-likeness (QED) is 0.421. The van der Waals surface area contributed by atoms with Gasteiger partial charge >= 0.3 is 0 Å². The highest BCUT2D eigenvalue weighted by Gasteiger charge is 2.44. The molecule has 2 aliphatic heterocycles. The van der Waals surface area contributed by atoms with Crippen LogP contribution in [0.4, 0.5) is 0 Å². The molecule has 0 bridgehead atoms. The van der Waals surface area contributed by atoms with Gasteiger partial charge in [-0.25, -0.2) is 0 Å². The van der Waals surface area contributed by atoms with E-state index in [0.717, 1.165) is 43.7 Å². The van der Waals surface area contributed by atoms with E-state index in [2.05, 4.69) is 23.5 Å². The second-order valence-electron chi connectivity index (χ2n) is 9.87. The van der Waals surface area contributed by atoms with Gasteiger partial charge < -0.3 is 35.2 Å². The summed E-state index contributed by atoms with van der Waals surface area (Å²) in [6.45, 7) is 1.56. The Hall–Kier alpha value is -2.00. The van der Waals surface area contributed by atoms with Crippen molar-refractivity contribution in [3.8, 4) is 5.75 Å². The molecule has 1 saturated carbocycles. The van der Waals surface area contributed by atoms with E-state index in [1.54, 1.807) is 0 Å². The molecule has 34 heavy (non-hydrogen) atoms. The standard InChI is InChI=1S/C27H35NO6/c29-15-23-24(30)25(31)26(32)27(34-23)18-5-8-22(17-3-4-17)19(14-18)13-16-1-6-20(7-2-16)33-21-9-11-28-12-10-21/h1-2,5-8,14,17,21,23-32H,3-4,9-13,15H2/t23-,24-,25?,26-,27+/m1/s1. The minimum absolute atomic E-state index is 0.267. The van der Waals surface area contributed by atoms with Crippen LogP contribution in [0.25, 0.3) is 0 Å². The number of nitrogens with one attached hydrogen (secondary N) is 1. The second kappa shape index (κ2) is 10.3. The third-order valence-corrected chi connectivity index (χ3v) is 7.31. The summed E-state index contributed by atoms with van der Waals surface area (Å²) in [5.74, 6) is 1.45. The molecule has 7 nitrogen and oxygen atoms in total. The Labute approximate surface area is 200 Å². The van der Waals surface area contributed by atoms with Crippen molar-refractivity contribution in [1.82, 2.24) is 5.32 Å². The van der Waals surface area contributed by atoms with E-state index in [9.17, 15) is 20.4 Å². The topological polar surface area (TPSA) is 111 Å². The highest BCUT2D eigenvalue weighted by molar-refractivity contribution is 5.42. The van der Waals surface area contributed by atoms with Crippen molar-refractivity contribution in [3.63, 3.8) is 0 Å². The average molecular weight is 470 g/mol. The Morgan fingerprint density at radius 1 is 0.882 bits per heavy atom. The van der Waals surface area contributed by atoms with E-state index in [4.69, 9.17) is 9.47 Å². The molecular weight excluding hydrogens is 434 g/mol. The first-order valence-electron chi connectivity index (χ1n) is 12.4. The predicted octanol–water partition coefficient (Wildman–Crippen LogP) is 1.80. The van der Waals surface area contributed by atoms with Gasteiger partial charge in [-0.15, -0.1) is 0 Å². The zero-order valence-corrected chi connectivity index (χ0v) is 19.3. The molecule has 3 aliphatic rings. The smallest absolute Gasteiger partial charge is 0.119 e. The summed E-state index contributed by atoms with van der Waals surface area (Å²) in [4.78, 5) is 0. The Morgan fingerprint density at radius 3 is 2.29 bits per heavy atom. The van der Waals surface area contributed by atoms with Gasteiger partial charge in [0.05, 0.1) is 6.61 Å². The first-order chi connectivity index (χ1) is 16.5. The lowest BCUT2D eigenvalue weighted by molar-refractivity contribution is -0.231. The number of rotatable bonds is 7. The molecule has 5 atom stereocenters.